The van der Waals surface area contributed by atoms with E-state index in [9.17, 15) is 14.7 Å². The summed E-state index contributed by atoms with van der Waals surface area (Å²) in [6, 6.07) is 0. The Morgan fingerprint density at radius 1 is 1.67 bits per heavy atom. The van der Waals surface area contributed by atoms with Crippen molar-refractivity contribution in [2.45, 2.75) is 12.6 Å². The molecule has 0 saturated carbocycles. The van der Waals surface area contributed by atoms with E-state index in [1.54, 1.807) is 7.05 Å². The third-order valence-electron chi connectivity index (χ3n) is 1.81. The lowest BCUT2D eigenvalue weighted by atomic mass is 10.3. The normalized spacial score (nSPS) is 12.7. The Morgan fingerprint density at radius 3 is 2.93 bits per heavy atom. The van der Waals surface area contributed by atoms with Crippen molar-refractivity contribution >= 4 is 15.9 Å². The molecule has 3 N–H and O–H groups in total. The number of hydrogen-bond donors (Lipinski definition) is 3. The minimum Gasteiger partial charge on any atom is -0.390 e. The summed E-state index contributed by atoms with van der Waals surface area (Å²) in [5.74, 6) is 0. The van der Waals surface area contributed by atoms with Gasteiger partial charge in [0.2, 0.25) is 0 Å². The van der Waals surface area contributed by atoms with Crippen molar-refractivity contribution in [1.82, 2.24) is 14.9 Å². The zero-order chi connectivity index (χ0) is 11.4. The van der Waals surface area contributed by atoms with E-state index in [0.29, 0.717) is 6.54 Å². The number of H-pyrrole nitrogens is 1. The maximum Gasteiger partial charge on any atom is 0.328 e. The van der Waals surface area contributed by atoms with Crippen molar-refractivity contribution in [1.29, 1.82) is 0 Å². The van der Waals surface area contributed by atoms with Gasteiger partial charge in [-0.3, -0.25) is 14.3 Å². The molecule has 0 radical (unpaired) electrons. The van der Waals surface area contributed by atoms with Crippen LogP contribution in [0.2, 0.25) is 0 Å². The van der Waals surface area contributed by atoms with E-state index in [2.05, 4.69) is 26.2 Å². The highest BCUT2D eigenvalue weighted by Gasteiger charge is 2.07. The molecule has 1 heterocycles. The van der Waals surface area contributed by atoms with Crippen LogP contribution in [-0.4, -0.2) is 34.4 Å². The largest absolute Gasteiger partial charge is 0.390 e. The van der Waals surface area contributed by atoms with Crippen molar-refractivity contribution in [2.24, 2.45) is 0 Å². The number of aliphatic hydroxyl groups is 1. The summed E-state index contributed by atoms with van der Waals surface area (Å²) in [7, 11) is 1.70. The molecular formula is C8H12BrN3O3. The molecule has 0 aromatic carbocycles. The van der Waals surface area contributed by atoms with E-state index in [4.69, 9.17) is 0 Å². The van der Waals surface area contributed by atoms with Gasteiger partial charge in [0.1, 0.15) is 0 Å². The molecule has 0 bridgehead atoms. The zero-order valence-corrected chi connectivity index (χ0v) is 9.74. The number of nitrogens with zero attached hydrogens (tertiary/aromatic N) is 1. The van der Waals surface area contributed by atoms with Crippen LogP contribution in [0.25, 0.3) is 0 Å². The monoisotopic (exact) mass is 277 g/mol. The average molecular weight is 278 g/mol. The summed E-state index contributed by atoms with van der Waals surface area (Å²) >= 11 is 3.01. The van der Waals surface area contributed by atoms with Gasteiger partial charge in [-0.15, -0.1) is 0 Å². The molecule has 0 aliphatic carbocycles. The molecule has 1 atom stereocenters. The van der Waals surface area contributed by atoms with Crippen LogP contribution >= 0.6 is 15.9 Å². The average Bonchev–Trinajstić information content (AvgIpc) is 2.14. The van der Waals surface area contributed by atoms with Gasteiger partial charge in [0, 0.05) is 12.7 Å². The standard InChI is InChI=1S/C8H12BrN3O3/c1-10-2-5(13)3-12-4-6(9)7(14)11-8(12)15/h4-5,10,13H,2-3H2,1H3,(H,11,14,15). The van der Waals surface area contributed by atoms with Crippen LogP contribution < -0.4 is 16.6 Å². The molecular weight excluding hydrogens is 266 g/mol. The minimum absolute atomic E-state index is 0.134. The van der Waals surface area contributed by atoms with E-state index < -0.39 is 17.4 Å². The Balaban J connectivity index is 2.91. The summed E-state index contributed by atoms with van der Waals surface area (Å²) in [4.78, 5) is 24.4. The van der Waals surface area contributed by atoms with E-state index in [0.717, 1.165) is 0 Å². The smallest absolute Gasteiger partial charge is 0.328 e. The van der Waals surface area contributed by atoms with Gasteiger partial charge in [0.25, 0.3) is 5.56 Å². The van der Waals surface area contributed by atoms with Gasteiger partial charge in [-0.25, -0.2) is 4.79 Å². The Hall–Kier alpha value is -0.920. The quantitative estimate of drug-likeness (QED) is 0.651. The number of hydrogen-bond acceptors (Lipinski definition) is 4. The molecule has 15 heavy (non-hydrogen) atoms. The number of halogens is 1. The second-order valence-corrected chi connectivity index (χ2v) is 3.95. The fraction of sp³-hybridized carbons (Fsp3) is 0.500. The van der Waals surface area contributed by atoms with E-state index >= 15 is 0 Å². The first-order valence-corrected chi connectivity index (χ1v) is 5.16. The lowest BCUT2D eigenvalue weighted by molar-refractivity contribution is 0.152. The van der Waals surface area contributed by atoms with Crippen LogP contribution in [0.5, 0.6) is 0 Å². The maximum atomic E-state index is 11.3. The predicted molar refractivity (Wildman–Crippen MR) is 59.0 cm³/mol. The molecule has 1 aromatic rings. The number of aliphatic hydroxyl groups excluding tert-OH is 1. The summed E-state index contributed by atoms with van der Waals surface area (Å²) < 4.78 is 1.51. The molecule has 0 aliphatic rings. The number of aromatic amines is 1. The van der Waals surface area contributed by atoms with Crippen LogP contribution in [0, 0.1) is 0 Å². The van der Waals surface area contributed by atoms with Crippen LogP contribution in [0.3, 0.4) is 0 Å². The van der Waals surface area contributed by atoms with Crippen LogP contribution in [0.4, 0.5) is 0 Å². The molecule has 0 aliphatic heterocycles. The molecule has 7 heteroatoms. The van der Waals surface area contributed by atoms with Gasteiger partial charge in [0.05, 0.1) is 17.1 Å². The summed E-state index contributed by atoms with van der Waals surface area (Å²) in [5.41, 5.74) is -1.00. The Labute approximate surface area is 94.1 Å². The van der Waals surface area contributed by atoms with Crippen molar-refractivity contribution in [3.63, 3.8) is 0 Å². The third kappa shape index (κ3) is 3.29. The van der Waals surface area contributed by atoms with Crippen molar-refractivity contribution in [3.8, 4) is 0 Å². The molecule has 1 rings (SSSR count). The minimum atomic E-state index is -0.675. The summed E-state index contributed by atoms with van der Waals surface area (Å²) in [6.45, 7) is 0.512. The lowest BCUT2D eigenvalue weighted by Crippen LogP contribution is -2.36. The molecule has 84 valence electrons. The first-order valence-electron chi connectivity index (χ1n) is 4.36. The SMILES string of the molecule is CNCC(O)Cn1cc(Br)c(=O)[nH]c1=O. The van der Waals surface area contributed by atoms with Gasteiger partial charge in [0.15, 0.2) is 0 Å². The third-order valence-corrected chi connectivity index (χ3v) is 2.38. The molecule has 1 unspecified atom stereocenters. The highest BCUT2D eigenvalue weighted by molar-refractivity contribution is 9.10. The highest BCUT2D eigenvalue weighted by atomic mass is 79.9. The predicted octanol–water partition coefficient (Wildman–Crippen LogP) is -1.12. The lowest BCUT2D eigenvalue weighted by Gasteiger charge is -2.11. The van der Waals surface area contributed by atoms with Crippen LogP contribution in [-0.2, 0) is 6.54 Å². The van der Waals surface area contributed by atoms with Gasteiger partial charge < -0.3 is 10.4 Å². The number of aromatic nitrogens is 2. The van der Waals surface area contributed by atoms with Gasteiger partial charge in [-0.05, 0) is 23.0 Å². The second kappa shape index (κ2) is 5.24. The van der Waals surface area contributed by atoms with Gasteiger partial charge >= 0.3 is 5.69 Å². The second-order valence-electron chi connectivity index (χ2n) is 3.10. The maximum absolute atomic E-state index is 11.3. The van der Waals surface area contributed by atoms with Crippen LogP contribution in [0.15, 0.2) is 20.3 Å². The molecule has 1 aromatic heterocycles. The first-order chi connectivity index (χ1) is 7.04. The Kier molecular flexibility index (Phi) is 4.25. The van der Waals surface area contributed by atoms with E-state index in [-0.39, 0.29) is 11.0 Å². The van der Waals surface area contributed by atoms with E-state index in [1.807, 2.05) is 0 Å². The summed E-state index contributed by atoms with van der Waals surface area (Å²) in [6.07, 6.45) is 0.686. The van der Waals surface area contributed by atoms with Gasteiger partial charge in [-0.1, -0.05) is 0 Å². The molecule has 0 saturated heterocycles. The number of likely N-dealkylation sites (N-methyl/N-ethyl adjacent to an activating group) is 1. The number of nitrogens with one attached hydrogen (secondary N) is 2. The topological polar surface area (TPSA) is 87.1 Å². The molecule has 6 nitrogen and oxygen atoms in total. The highest BCUT2D eigenvalue weighted by Crippen LogP contribution is 1.98. The fourth-order valence-electron chi connectivity index (χ4n) is 1.15. The van der Waals surface area contributed by atoms with Crippen molar-refractivity contribution < 1.29 is 5.11 Å². The molecule has 0 fully saturated rings. The van der Waals surface area contributed by atoms with Gasteiger partial charge in [-0.2, -0.15) is 0 Å². The molecule has 0 spiro atoms. The number of rotatable bonds is 4. The molecule has 0 amide bonds. The Bertz CT molecular complexity index is 439. The van der Waals surface area contributed by atoms with Crippen LogP contribution in [0.1, 0.15) is 0 Å². The zero-order valence-electron chi connectivity index (χ0n) is 8.16. The van der Waals surface area contributed by atoms with Crippen molar-refractivity contribution in [2.75, 3.05) is 13.6 Å². The fourth-order valence-corrected chi connectivity index (χ4v) is 1.49. The van der Waals surface area contributed by atoms with E-state index in [1.165, 1.54) is 10.8 Å². The first kappa shape index (κ1) is 12.2. The van der Waals surface area contributed by atoms with Crippen molar-refractivity contribution in [3.05, 3.63) is 31.5 Å². The summed E-state index contributed by atoms with van der Waals surface area (Å²) in [5, 5.41) is 12.2. The Morgan fingerprint density at radius 2 is 2.33 bits per heavy atom.